The predicted octanol–water partition coefficient (Wildman–Crippen LogP) is 4.57. The lowest BCUT2D eigenvalue weighted by atomic mass is 9.74. The van der Waals surface area contributed by atoms with Gasteiger partial charge in [0.2, 0.25) is 5.91 Å². The predicted molar refractivity (Wildman–Crippen MR) is 105 cm³/mol. The van der Waals surface area contributed by atoms with Crippen LogP contribution in [0.15, 0.2) is 30.3 Å². The molecule has 0 unspecified atom stereocenters. The van der Waals surface area contributed by atoms with Crippen molar-refractivity contribution in [1.82, 2.24) is 5.32 Å². The van der Waals surface area contributed by atoms with Crippen LogP contribution in [0.2, 0.25) is 9.36 Å². The Kier molecular flexibility index (Phi) is 4.19. The summed E-state index contributed by atoms with van der Waals surface area (Å²) in [5.41, 5.74) is 0.628. The maximum atomic E-state index is 13.1. The summed E-state index contributed by atoms with van der Waals surface area (Å²) in [4.78, 5) is 26.7. The minimum absolute atomic E-state index is 0. The molecule has 136 valence electrons. The molecule has 7 heteroatoms. The monoisotopic (exact) mass is 408 g/mol. The molecule has 4 atom stereocenters. The summed E-state index contributed by atoms with van der Waals surface area (Å²) in [5, 5.41) is 7.06. The summed E-state index contributed by atoms with van der Waals surface area (Å²) in [6.07, 6.45) is 1.32. The maximum absolute atomic E-state index is 13.1. The summed E-state index contributed by atoms with van der Waals surface area (Å²) in [6, 6.07) is 9.22. The van der Waals surface area contributed by atoms with Gasteiger partial charge in [0.15, 0.2) is 0 Å². The zero-order valence-corrected chi connectivity index (χ0v) is 15.3. The highest BCUT2D eigenvalue weighted by molar-refractivity contribution is 7.16. The van der Waals surface area contributed by atoms with Crippen LogP contribution in [0.25, 0.3) is 0 Å². The smallest absolute Gasteiger partial charge is 0.250 e. The molecule has 2 aliphatic heterocycles. The van der Waals surface area contributed by atoms with E-state index in [-0.39, 0.29) is 37.0 Å². The van der Waals surface area contributed by atoms with Gasteiger partial charge in [0.25, 0.3) is 0 Å². The zero-order chi connectivity index (χ0) is 17.3. The van der Waals surface area contributed by atoms with Gasteiger partial charge in [-0.1, -0.05) is 36.7 Å². The number of Topliss-reactive ketones (excluding diaryl/α,β-unsaturated/α-hetero) is 1. The Balaban J connectivity index is 0.00000168. The molecule has 5 rings (SSSR count). The number of carbonyl (C=O) groups excluding carboxylic acids is 2. The van der Waals surface area contributed by atoms with Crippen LogP contribution in [0.4, 0.5) is 5.69 Å². The fourth-order valence-corrected chi connectivity index (χ4v) is 6.19. The minimum atomic E-state index is -0.945. The highest BCUT2D eigenvalue weighted by atomic mass is 35.5. The summed E-state index contributed by atoms with van der Waals surface area (Å²) in [6.45, 7) is 0. The summed E-state index contributed by atoms with van der Waals surface area (Å²) in [5.74, 6) is -0.366. The van der Waals surface area contributed by atoms with E-state index < -0.39 is 5.54 Å². The zero-order valence-electron chi connectivity index (χ0n) is 13.0. The van der Waals surface area contributed by atoms with Crippen LogP contribution >= 0.6 is 34.5 Å². The van der Waals surface area contributed by atoms with Crippen molar-refractivity contribution in [3.05, 3.63) is 50.1 Å². The summed E-state index contributed by atoms with van der Waals surface area (Å²) < 4.78 is 0.661. The molecule has 4 nitrogen and oxygen atoms in total. The van der Waals surface area contributed by atoms with E-state index in [1.54, 1.807) is 12.1 Å². The number of ketones is 1. The van der Waals surface area contributed by atoms with Crippen LogP contribution in [0.1, 0.15) is 36.6 Å². The number of amides is 1. The third-order valence-electron chi connectivity index (χ3n) is 5.66. The van der Waals surface area contributed by atoms with Crippen molar-refractivity contribution in [2.75, 3.05) is 5.32 Å². The third-order valence-corrected chi connectivity index (χ3v) is 7.21. The van der Waals surface area contributed by atoms with Crippen molar-refractivity contribution < 1.29 is 9.59 Å². The quantitative estimate of drug-likeness (QED) is 0.725. The van der Waals surface area contributed by atoms with Crippen LogP contribution in [0.3, 0.4) is 0 Å². The van der Waals surface area contributed by atoms with E-state index >= 15 is 0 Å². The van der Waals surface area contributed by atoms with Gasteiger partial charge in [0.05, 0.1) is 4.34 Å². The first-order valence-electron chi connectivity index (χ1n) is 8.18. The van der Waals surface area contributed by atoms with Crippen molar-refractivity contribution >= 4 is 51.9 Å². The van der Waals surface area contributed by atoms with E-state index in [1.807, 2.05) is 18.2 Å². The molecule has 1 spiro atoms. The van der Waals surface area contributed by atoms with Gasteiger partial charge in [-0.05, 0) is 30.7 Å². The largest absolute Gasteiger partial charge is 0.324 e. The Bertz CT molecular complexity index is 928. The Morgan fingerprint density at radius 2 is 1.96 bits per heavy atom. The normalized spacial score (nSPS) is 31.7. The number of hydrogen-bond acceptors (Lipinski definition) is 4. The maximum Gasteiger partial charge on any atom is 0.250 e. The molecule has 3 heterocycles. The molecule has 3 aliphatic rings. The molecule has 1 aromatic carbocycles. The van der Waals surface area contributed by atoms with E-state index in [0.29, 0.717) is 21.5 Å². The molecule has 2 aromatic rings. The number of rotatable bonds is 1. The average molecular weight is 409 g/mol. The van der Waals surface area contributed by atoms with E-state index in [9.17, 15) is 9.59 Å². The van der Waals surface area contributed by atoms with E-state index in [0.717, 1.165) is 16.9 Å². The Morgan fingerprint density at radius 1 is 1.15 bits per heavy atom. The molecule has 0 radical (unpaired) electrons. The SMILES string of the molecule is C.O=C1CC[C@@H]2N[C@@]3(C(=O)Nc4cc(Cl)ccc43)[C@@H](c3ccc(Cl)s3)[C@H]12. The number of fused-ring (bicyclic) bond motifs is 3. The lowest BCUT2D eigenvalue weighted by molar-refractivity contribution is -0.123. The van der Waals surface area contributed by atoms with Crippen LogP contribution < -0.4 is 10.6 Å². The number of benzene rings is 1. The van der Waals surface area contributed by atoms with Gasteiger partial charge in [0.1, 0.15) is 11.3 Å². The van der Waals surface area contributed by atoms with Crippen molar-refractivity contribution in [3.8, 4) is 0 Å². The summed E-state index contributed by atoms with van der Waals surface area (Å²) >= 11 is 13.7. The third kappa shape index (κ3) is 2.24. The number of hydrogen-bond donors (Lipinski definition) is 2. The van der Waals surface area contributed by atoms with Crippen molar-refractivity contribution in [2.24, 2.45) is 5.92 Å². The molecule has 1 aliphatic carbocycles. The molecule has 2 fully saturated rings. The van der Waals surface area contributed by atoms with Gasteiger partial charge < -0.3 is 5.32 Å². The second-order valence-corrected chi connectivity index (χ2v) is 9.04. The Labute approximate surface area is 165 Å². The molecular weight excluding hydrogens is 391 g/mol. The highest BCUT2D eigenvalue weighted by Gasteiger charge is 2.65. The number of thiophene rings is 1. The number of nitrogens with one attached hydrogen (secondary N) is 2. The summed E-state index contributed by atoms with van der Waals surface area (Å²) in [7, 11) is 0. The molecule has 0 bridgehead atoms. The number of carbonyl (C=O) groups is 2. The van der Waals surface area contributed by atoms with Gasteiger partial charge in [-0.3, -0.25) is 14.9 Å². The second-order valence-electron chi connectivity index (χ2n) is 6.85. The van der Waals surface area contributed by atoms with Crippen LogP contribution in [0, 0.1) is 5.92 Å². The Morgan fingerprint density at radius 3 is 2.69 bits per heavy atom. The number of halogens is 2. The number of anilines is 1. The van der Waals surface area contributed by atoms with Gasteiger partial charge >= 0.3 is 0 Å². The first-order chi connectivity index (χ1) is 12.0. The van der Waals surface area contributed by atoms with E-state index in [2.05, 4.69) is 10.6 Å². The van der Waals surface area contributed by atoms with Gasteiger partial charge in [-0.25, -0.2) is 0 Å². The van der Waals surface area contributed by atoms with Crippen LogP contribution in [0.5, 0.6) is 0 Å². The van der Waals surface area contributed by atoms with Crippen LogP contribution in [-0.2, 0) is 15.1 Å². The molecule has 1 aromatic heterocycles. The van der Waals surface area contributed by atoms with E-state index in [1.165, 1.54) is 11.3 Å². The second kappa shape index (κ2) is 6.06. The first kappa shape index (κ1) is 18.0. The lowest BCUT2D eigenvalue weighted by Gasteiger charge is -2.31. The standard InChI is InChI=1S/C18H14Cl2N2O2S.CH4/c19-8-1-2-9-11(7-8)21-17(24)18(9)16(13-5-6-14(20)25-13)15-10(22-18)3-4-12(15)23;/h1-2,5-7,10,15-16,22H,3-4H2,(H,21,24);1H4/t10-,15-,16-,18+;/m0./s1. The Hall–Kier alpha value is -1.40. The first-order valence-corrected chi connectivity index (χ1v) is 9.75. The highest BCUT2D eigenvalue weighted by Crippen LogP contribution is 2.57. The lowest BCUT2D eigenvalue weighted by Crippen LogP contribution is -2.49. The average Bonchev–Trinajstić information content (AvgIpc) is 3.28. The molecule has 1 saturated carbocycles. The molecule has 2 N–H and O–H groups in total. The fourth-order valence-electron chi connectivity index (χ4n) is 4.74. The fraction of sp³-hybridized carbons (Fsp3) is 0.368. The van der Waals surface area contributed by atoms with Crippen molar-refractivity contribution in [3.63, 3.8) is 0 Å². The van der Waals surface area contributed by atoms with Gasteiger partial charge in [-0.2, -0.15) is 0 Å². The molecule has 1 amide bonds. The van der Waals surface area contributed by atoms with Crippen molar-refractivity contribution in [2.45, 2.75) is 37.8 Å². The minimum Gasteiger partial charge on any atom is -0.324 e. The van der Waals surface area contributed by atoms with Crippen LogP contribution in [-0.4, -0.2) is 17.7 Å². The van der Waals surface area contributed by atoms with Crippen molar-refractivity contribution in [1.29, 1.82) is 0 Å². The van der Waals surface area contributed by atoms with Gasteiger partial charge in [0, 0.05) is 45.4 Å². The molecule has 1 saturated heterocycles. The molecular formula is C19H18Cl2N2O2S. The van der Waals surface area contributed by atoms with E-state index in [4.69, 9.17) is 23.2 Å². The topological polar surface area (TPSA) is 58.2 Å². The molecule has 26 heavy (non-hydrogen) atoms. The van der Waals surface area contributed by atoms with Gasteiger partial charge in [-0.15, -0.1) is 11.3 Å².